The van der Waals surface area contributed by atoms with Crippen molar-refractivity contribution in [2.45, 2.75) is 26.4 Å². The highest BCUT2D eigenvalue weighted by molar-refractivity contribution is 5.32. The van der Waals surface area contributed by atoms with Gasteiger partial charge < -0.3 is 4.74 Å². The summed E-state index contributed by atoms with van der Waals surface area (Å²) in [5.74, 6) is 0.789. The molecule has 0 radical (unpaired) electrons. The van der Waals surface area contributed by atoms with Crippen molar-refractivity contribution in [2.75, 3.05) is 13.2 Å². The summed E-state index contributed by atoms with van der Waals surface area (Å²) < 4.78 is 5.54. The molecule has 1 aromatic heterocycles. The van der Waals surface area contributed by atoms with Gasteiger partial charge in [0, 0.05) is 25.2 Å². The van der Waals surface area contributed by atoms with Gasteiger partial charge in [0.2, 0.25) is 5.88 Å². The van der Waals surface area contributed by atoms with Crippen molar-refractivity contribution in [2.24, 2.45) is 0 Å². The van der Waals surface area contributed by atoms with E-state index in [2.05, 4.69) is 45.4 Å². The van der Waals surface area contributed by atoms with E-state index in [0.717, 1.165) is 31.9 Å². The van der Waals surface area contributed by atoms with Crippen LogP contribution in [0.2, 0.25) is 0 Å². The fourth-order valence-corrected chi connectivity index (χ4v) is 2.58. The third kappa shape index (κ3) is 2.63. The summed E-state index contributed by atoms with van der Waals surface area (Å²) in [6.45, 7) is 5.63. The minimum Gasteiger partial charge on any atom is -0.477 e. The largest absolute Gasteiger partial charge is 0.477 e. The van der Waals surface area contributed by atoms with Gasteiger partial charge in [0.05, 0.1) is 12.3 Å². The molecule has 1 aromatic carbocycles. The average molecular weight is 257 g/mol. The molecule has 1 N–H and O–H groups in total. The van der Waals surface area contributed by atoms with Crippen LogP contribution in [-0.4, -0.2) is 28.2 Å². The topological polar surface area (TPSA) is 41.1 Å². The van der Waals surface area contributed by atoms with Gasteiger partial charge in [-0.05, 0) is 18.9 Å². The lowest BCUT2D eigenvalue weighted by atomic mass is 10.1. The van der Waals surface area contributed by atoms with Gasteiger partial charge in [-0.15, -0.1) is 5.10 Å². The molecule has 2 heterocycles. The molecule has 3 rings (SSSR count). The zero-order valence-electron chi connectivity index (χ0n) is 11.2. The molecule has 1 aliphatic heterocycles. The van der Waals surface area contributed by atoms with Gasteiger partial charge in [-0.25, -0.2) is 0 Å². The number of benzene rings is 1. The molecule has 0 spiro atoms. The number of rotatable bonds is 4. The van der Waals surface area contributed by atoms with Crippen molar-refractivity contribution in [3.63, 3.8) is 0 Å². The molecule has 0 amide bonds. The van der Waals surface area contributed by atoms with Crippen LogP contribution in [0.3, 0.4) is 0 Å². The Kier molecular flexibility index (Phi) is 3.51. The lowest BCUT2D eigenvalue weighted by Crippen LogP contribution is -2.29. The van der Waals surface area contributed by atoms with Crippen LogP contribution in [-0.2, 0) is 19.5 Å². The predicted octanol–water partition coefficient (Wildman–Crippen LogP) is 2.37. The maximum absolute atomic E-state index is 5.54. The van der Waals surface area contributed by atoms with Crippen LogP contribution in [0.1, 0.15) is 23.7 Å². The first-order valence-corrected chi connectivity index (χ1v) is 6.82. The Morgan fingerprint density at radius 2 is 2.16 bits per heavy atom. The molecule has 100 valence electrons. The molecule has 0 unspecified atom stereocenters. The number of aromatic nitrogens is 2. The zero-order valence-corrected chi connectivity index (χ0v) is 11.2. The summed E-state index contributed by atoms with van der Waals surface area (Å²) >= 11 is 0. The predicted molar refractivity (Wildman–Crippen MR) is 74.0 cm³/mol. The van der Waals surface area contributed by atoms with Crippen molar-refractivity contribution in [1.29, 1.82) is 0 Å². The molecule has 0 fully saturated rings. The lowest BCUT2D eigenvalue weighted by Gasteiger charge is -2.26. The smallest absolute Gasteiger partial charge is 0.236 e. The SMILES string of the molecule is CCOc1n[nH]c2c1CCN(Cc1ccccc1)C2. The van der Waals surface area contributed by atoms with Gasteiger partial charge in [0.1, 0.15) is 0 Å². The van der Waals surface area contributed by atoms with Gasteiger partial charge in [-0.1, -0.05) is 30.3 Å². The molecular weight excluding hydrogens is 238 g/mol. The summed E-state index contributed by atoms with van der Waals surface area (Å²) in [5.41, 5.74) is 3.81. The van der Waals surface area contributed by atoms with Crippen LogP contribution in [0.25, 0.3) is 0 Å². The third-order valence-corrected chi connectivity index (χ3v) is 3.50. The van der Waals surface area contributed by atoms with E-state index >= 15 is 0 Å². The van der Waals surface area contributed by atoms with Crippen LogP contribution in [0, 0.1) is 0 Å². The highest BCUT2D eigenvalue weighted by atomic mass is 16.5. The second kappa shape index (κ2) is 5.45. The summed E-state index contributed by atoms with van der Waals surface area (Å²) in [5, 5.41) is 7.37. The summed E-state index contributed by atoms with van der Waals surface area (Å²) in [6, 6.07) is 10.6. The molecule has 0 aliphatic carbocycles. The van der Waals surface area contributed by atoms with Gasteiger partial charge in [0.25, 0.3) is 0 Å². The Bertz CT molecular complexity index is 536. The molecule has 0 saturated carbocycles. The average Bonchev–Trinajstić information content (AvgIpc) is 2.83. The second-order valence-corrected chi connectivity index (χ2v) is 4.87. The van der Waals surface area contributed by atoms with Crippen LogP contribution < -0.4 is 4.74 Å². The van der Waals surface area contributed by atoms with E-state index in [1.807, 2.05) is 6.92 Å². The number of hydrogen-bond donors (Lipinski definition) is 1. The van der Waals surface area contributed by atoms with E-state index in [0.29, 0.717) is 6.61 Å². The highest BCUT2D eigenvalue weighted by Gasteiger charge is 2.22. The van der Waals surface area contributed by atoms with E-state index in [9.17, 15) is 0 Å². The minimum atomic E-state index is 0.672. The summed E-state index contributed by atoms with van der Waals surface area (Å²) in [6.07, 6.45) is 1.01. The lowest BCUT2D eigenvalue weighted by molar-refractivity contribution is 0.240. The fraction of sp³-hybridized carbons (Fsp3) is 0.400. The molecule has 0 atom stereocenters. The molecule has 2 aromatic rings. The second-order valence-electron chi connectivity index (χ2n) is 4.87. The number of nitrogens with zero attached hydrogens (tertiary/aromatic N) is 2. The summed E-state index contributed by atoms with van der Waals surface area (Å²) in [7, 11) is 0. The maximum atomic E-state index is 5.54. The first kappa shape index (κ1) is 12.2. The molecular formula is C15H19N3O. The molecule has 19 heavy (non-hydrogen) atoms. The Balaban J connectivity index is 1.69. The number of hydrogen-bond acceptors (Lipinski definition) is 3. The van der Waals surface area contributed by atoms with Crippen LogP contribution >= 0.6 is 0 Å². The molecule has 0 saturated heterocycles. The monoisotopic (exact) mass is 257 g/mol. The van der Waals surface area contributed by atoms with E-state index in [4.69, 9.17) is 4.74 Å². The van der Waals surface area contributed by atoms with Crippen molar-refractivity contribution in [3.05, 3.63) is 47.2 Å². The molecule has 4 heteroatoms. The number of fused-ring (bicyclic) bond motifs is 1. The standard InChI is InChI=1S/C15H19N3O/c1-2-19-15-13-8-9-18(11-14(13)16-17-15)10-12-6-4-3-5-7-12/h3-7H,2,8-11H2,1H3,(H,16,17). The Labute approximate surface area is 113 Å². The van der Waals surface area contributed by atoms with Gasteiger partial charge in [-0.3, -0.25) is 10.00 Å². The Morgan fingerprint density at radius 3 is 2.95 bits per heavy atom. The minimum absolute atomic E-state index is 0.672. The molecule has 0 bridgehead atoms. The van der Waals surface area contributed by atoms with Gasteiger partial charge >= 0.3 is 0 Å². The van der Waals surface area contributed by atoms with Crippen LogP contribution in [0.15, 0.2) is 30.3 Å². The third-order valence-electron chi connectivity index (χ3n) is 3.50. The van der Waals surface area contributed by atoms with E-state index in [1.165, 1.54) is 16.8 Å². The van der Waals surface area contributed by atoms with Crippen molar-refractivity contribution in [3.8, 4) is 5.88 Å². The molecule has 1 aliphatic rings. The van der Waals surface area contributed by atoms with Crippen molar-refractivity contribution >= 4 is 0 Å². The van der Waals surface area contributed by atoms with Crippen LogP contribution in [0.5, 0.6) is 5.88 Å². The summed E-state index contributed by atoms with van der Waals surface area (Å²) in [4.78, 5) is 2.44. The molecule has 4 nitrogen and oxygen atoms in total. The number of ether oxygens (including phenoxy) is 1. The van der Waals surface area contributed by atoms with Crippen LogP contribution in [0.4, 0.5) is 0 Å². The van der Waals surface area contributed by atoms with Crippen molar-refractivity contribution < 1.29 is 4.74 Å². The first-order chi connectivity index (χ1) is 9.36. The van der Waals surface area contributed by atoms with E-state index in [1.54, 1.807) is 0 Å². The maximum Gasteiger partial charge on any atom is 0.236 e. The zero-order chi connectivity index (χ0) is 13.1. The quantitative estimate of drug-likeness (QED) is 0.914. The Hall–Kier alpha value is -1.81. The number of H-pyrrole nitrogens is 1. The normalized spacial score (nSPS) is 15.2. The van der Waals surface area contributed by atoms with E-state index in [-0.39, 0.29) is 0 Å². The highest BCUT2D eigenvalue weighted by Crippen LogP contribution is 2.26. The fourth-order valence-electron chi connectivity index (χ4n) is 2.58. The number of aromatic amines is 1. The Morgan fingerprint density at radius 1 is 1.32 bits per heavy atom. The van der Waals surface area contributed by atoms with Crippen molar-refractivity contribution in [1.82, 2.24) is 15.1 Å². The number of nitrogens with one attached hydrogen (secondary N) is 1. The van der Waals surface area contributed by atoms with Gasteiger partial charge in [0.15, 0.2) is 0 Å². The van der Waals surface area contributed by atoms with E-state index < -0.39 is 0 Å². The first-order valence-electron chi connectivity index (χ1n) is 6.82. The van der Waals surface area contributed by atoms with Gasteiger partial charge in [-0.2, -0.15) is 0 Å².